The summed E-state index contributed by atoms with van der Waals surface area (Å²) in [7, 11) is 2.02. The van der Waals surface area contributed by atoms with E-state index in [0.29, 0.717) is 31.5 Å². The van der Waals surface area contributed by atoms with Crippen LogP contribution in [0.5, 0.6) is 5.75 Å². The first-order valence-corrected chi connectivity index (χ1v) is 11.6. The number of halogens is 1. The molecule has 0 saturated carbocycles. The molecular formula is C25H25BrN2O4. The first-order chi connectivity index (χ1) is 15.2. The molecule has 0 bridgehead atoms. The minimum Gasteiger partial charge on any atom is -0.490 e. The number of hydrogen-bond donors (Lipinski definition) is 1. The number of aryl methyl sites for hydroxylation is 1. The summed E-state index contributed by atoms with van der Waals surface area (Å²) in [5.41, 5.74) is 4.11. The molecule has 1 aliphatic carbocycles. The molecule has 1 aromatic heterocycles. The number of ketones is 1. The third-order valence-corrected chi connectivity index (χ3v) is 7.40. The zero-order valence-electron chi connectivity index (χ0n) is 18.3. The first kappa shape index (κ1) is 21.1. The molecular weight excluding hydrogens is 472 g/mol. The van der Waals surface area contributed by atoms with Crippen LogP contribution in [0.3, 0.4) is 0 Å². The number of aromatic nitrogens is 1. The van der Waals surface area contributed by atoms with Gasteiger partial charge in [-0.1, -0.05) is 35.8 Å². The van der Waals surface area contributed by atoms with E-state index in [-0.39, 0.29) is 17.3 Å². The van der Waals surface area contributed by atoms with E-state index in [1.807, 2.05) is 37.4 Å². The molecule has 0 atom stereocenters. The average Bonchev–Trinajstić information content (AvgIpc) is 3.05. The predicted octanol–water partition coefficient (Wildman–Crippen LogP) is 5.33. The van der Waals surface area contributed by atoms with E-state index in [1.165, 1.54) is 4.90 Å². The number of carbonyl (C=O) groups is 2. The van der Waals surface area contributed by atoms with Crippen LogP contribution in [0.2, 0.25) is 0 Å². The summed E-state index contributed by atoms with van der Waals surface area (Å²) in [6.45, 7) is 5.26. The van der Waals surface area contributed by atoms with Crippen molar-refractivity contribution in [3.8, 4) is 5.75 Å². The van der Waals surface area contributed by atoms with Gasteiger partial charge in [0.15, 0.2) is 5.78 Å². The molecule has 2 aromatic carbocycles. The fourth-order valence-corrected chi connectivity index (χ4v) is 5.65. The molecule has 32 heavy (non-hydrogen) atoms. The number of hydrogen-bond acceptors (Lipinski definition) is 3. The van der Waals surface area contributed by atoms with E-state index < -0.39 is 6.09 Å². The number of amides is 1. The lowest BCUT2D eigenvalue weighted by Crippen LogP contribution is -2.41. The van der Waals surface area contributed by atoms with Gasteiger partial charge in [0.2, 0.25) is 0 Å². The Morgan fingerprint density at radius 2 is 1.88 bits per heavy atom. The smallest absolute Gasteiger partial charge is 0.407 e. The molecule has 0 radical (unpaired) electrons. The number of rotatable bonds is 2. The van der Waals surface area contributed by atoms with Crippen molar-refractivity contribution in [1.82, 2.24) is 9.47 Å². The number of nitrogens with zero attached hydrogens (tertiary/aromatic N) is 2. The molecule has 166 valence electrons. The van der Waals surface area contributed by atoms with Crippen molar-refractivity contribution in [1.29, 1.82) is 0 Å². The summed E-state index contributed by atoms with van der Waals surface area (Å²) in [5, 5.41) is 10.1. The maximum atomic E-state index is 13.6. The molecule has 3 aromatic rings. The van der Waals surface area contributed by atoms with E-state index in [1.54, 1.807) is 0 Å². The maximum absolute atomic E-state index is 13.6. The summed E-state index contributed by atoms with van der Waals surface area (Å²) in [5.74, 6) is 0.770. The van der Waals surface area contributed by atoms with Gasteiger partial charge in [-0.3, -0.25) is 4.79 Å². The van der Waals surface area contributed by atoms with Gasteiger partial charge < -0.3 is 19.3 Å². The van der Waals surface area contributed by atoms with Gasteiger partial charge in [-0.05, 0) is 35.9 Å². The van der Waals surface area contributed by atoms with Crippen molar-refractivity contribution in [3.05, 3.63) is 63.3 Å². The van der Waals surface area contributed by atoms with Gasteiger partial charge in [0, 0.05) is 65.0 Å². The molecule has 2 aliphatic rings. The van der Waals surface area contributed by atoms with Gasteiger partial charge in [0.25, 0.3) is 0 Å². The Kier molecular flexibility index (Phi) is 4.85. The molecule has 1 saturated heterocycles. The highest BCUT2D eigenvalue weighted by atomic mass is 79.9. The Morgan fingerprint density at radius 3 is 2.56 bits per heavy atom. The van der Waals surface area contributed by atoms with Crippen molar-refractivity contribution in [2.75, 3.05) is 13.1 Å². The van der Waals surface area contributed by atoms with Crippen LogP contribution in [0.25, 0.3) is 10.9 Å². The van der Waals surface area contributed by atoms with Crippen molar-refractivity contribution in [3.63, 3.8) is 0 Å². The minimum atomic E-state index is -0.879. The zero-order valence-corrected chi connectivity index (χ0v) is 19.9. The second-order valence-electron chi connectivity index (χ2n) is 9.19. The molecule has 1 aliphatic heterocycles. The lowest BCUT2D eigenvalue weighted by atomic mass is 9.71. The Balaban J connectivity index is 1.52. The fourth-order valence-electron chi connectivity index (χ4n) is 5.30. The topological polar surface area (TPSA) is 71.8 Å². The monoisotopic (exact) mass is 496 g/mol. The summed E-state index contributed by atoms with van der Waals surface area (Å²) in [6.07, 6.45) is 0.411. The highest BCUT2D eigenvalue weighted by Gasteiger charge is 2.41. The number of fused-ring (bicyclic) bond motifs is 4. The summed E-state index contributed by atoms with van der Waals surface area (Å²) in [4.78, 5) is 26.1. The number of likely N-dealkylation sites (tertiary alicyclic amines) is 1. The van der Waals surface area contributed by atoms with E-state index in [4.69, 9.17) is 9.84 Å². The third-order valence-electron chi connectivity index (χ3n) is 6.91. The summed E-state index contributed by atoms with van der Waals surface area (Å²) in [6, 6.07) is 11.8. The Morgan fingerprint density at radius 1 is 1.16 bits per heavy atom. The van der Waals surface area contributed by atoms with Crippen LogP contribution in [-0.2, 0) is 12.5 Å². The summed E-state index contributed by atoms with van der Waals surface area (Å²) >= 11 is 3.55. The van der Waals surface area contributed by atoms with E-state index in [0.717, 1.165) is 37.9 Å². The van der Waals surface area contributed by atoms with E-state index in [9.17, 15) is 9.59 Å². The fraction of sp³-hybridized carbons (Fsp3) is 0.360. The van der Waals surface area contributed by atoms with Crippen LogP contribution in [-0.4, -0.2) is 45.6 Å². The molecule has 7 heteroatoms. The van der Waals surface area contributed by atoms with Gasteiger partial charge >= 0.3 is 6.09 Å². The number of piperidine rings is 1. The van der Waals surface area contributed by atoms with Crippen molar-refractivity contribution in [2.45, 2.75) is 38.2 Å². The van der Waals surface area contributed by atoms with Crippen LogP contribution in [0.15, 0.2) is 40.9 Å². The van der Waals surface area contributed by atoms with Crippen LogP contribution in [0.1, 0.15) is 53.9 Å². The predicted molar refractivity (Wildman–Crippen MR) is 126 cm³/mol. The Labute approximate surface area is 194 Å². The Hall–Kier alpha value is -2.80. The van der Waals surface area contributed by atoms with Gasteiger partial charge in [-0.15, -0.1) is 0 Å². The highest BCUT2D eigenvalue weighted by molar-refractivity contribution is 9.10. The maximum Gasteiger partial charge on any atom is 0.407 e. The molecule has 1 amide bonds. The molecule has 1 fully saturated rings. The molecule has 1 N–H and O–H groups in total. The largest absolute Gasteiger partial charge is 0.490 e. The van der Waals surface area contributed by atoms with Crippen molar-refractivity contribution < 1.29 is 19.4 Å². The quantitative estimate of drug-likeness (QED) is 0.520. The van der Waals surface area contributed by atoms with Crippen LogP contribution >= 0.6 is 15.9 Å². The average molecular weight is 497 g/mol. The molecule has 0 unspecified atom stereocenters. The number of ether oxygens (including phenoxy) is 1. The van der Waals surface area contributed by atoms with Gasteiger partial charge in [-0.25, -0.2) is 4.79 Å². The summed E-state index contributed by atoms with van der Waals surface area (Å²) < 4.78 is 9.34. The van der Waals surface area contributed by atoms with Crippen LogP contribution < -0.4 is 4.74 Å². The second-order valence-corrected chi connectivity index (χ2v) is 10.1. The normalized spacial score (nSPS) is 17.9. The van der Waals surface area contributed by atoms with Gasteiger partial charge in [0.1, 0.15) is 11.9 Å². The molecule has 0 spiro atoms. The van der Waals surface area contributed by atoms with Gasteiger partial charge in [0.05, 0.1) is 5.56 Å². The second kappa shape index (κ2) is 7.37. The molecule has 2 heterocycles. The Bertz CT molecular complexity index is 1270. The van der Waals surface area contributed by atoms with Gasteiger partial charge in [-0.2, -0.15) is 0 Å². The number of carboxylic acid groups (broad SMARTS) is 1. The van der Waals surface area contributed by atoms with Crippen molar-refractivity contribution in [2.24, 2.45) is 7.05 Å². The van der Waals surface area contributed by atoms with E-state index >= 15 is 0 Å². The first-order valence-electron chi connectivity index (χ1n) is 10.8. The number of benzene rings is 2. The zero-order chi connectivity index (χ0) is 22.8. The van der Waals surface area contributed by atoms with Crippen molar-refractivity contribution >= 4 is 38.7 Å². The van der Waals surface area contributed by atoms with Crippen LogP contribution in [0.4, 0.5) is 4.79 Å². The standard InChI is InChI=1S/C25H25BrN2O4/c1-25(2)19-13-16(32-15-8-10-28(11-9-15)24(30)31)5-7-17(19)22(29)21-18-6-4-14(26)12-20(18)27(3)23(21)25/h4-7,12-13,15H,8-11H2,1-3H3,(H,30,31). The number of carbonyl (C=O) groups excluding carboxylic acids is 1. The molecule has 5 rings (SSSR count). The van der Waals surface area contributed by atoms with E-state index in [2.05, 4.69) is 40.4 Å². The lowest BCUT2D eigenvalue weighted by molar-refractivity contribution is 0.0894. The van der Waals surface area contributed by atoms with Crippen LogP contribution in [0, 0.1) is 0 Å². The third kappa shape index (κ3) is 3.13. The highest BCUT2D eigenvalue weighted by Crippen LogP contribution is 2.46. The minimum absolute atomic E-state index is 0.0309. The molecule has 6 nitrogen and oxygen atoms in total. The lowest BCUT2D eigenvalue weighted by Gasteiger charge is -2.34. The SMILES string of the molecule is Cn1c2c(c3ccc(Br)cc31)C(=O)c1ccc(OC3CCN(C(=O)O)CC3)cc1C2(C)C.